The largest absolute Gasteiger partial charge is 0.504 e. The topological polar surface area (TPSA) is 118 Å². The van der Waals surface area contributed by atoms with Gasteiger partial charge in [-0.3, -0.25) is 0 Å². The molecule has 0 unspecified atom stereocenters. The van der Waals surface area contributed by atoms with E-state index < -0.39 is 11.7 Å². The maximum absolute atomic E-state index is 10.6. The molecule has 0 aliphatic carbocycles. The van der Waals surface area contributed by atoms with Crippen molar-refractivity contribution in [2.45, 2.75) is 0 Å². The summed E-state index contributed by atoms with van der Waals surface area (Å²) >= 11 is 0. The summed E-state index contributed by atoms with van der Waals surface area (Å²) < 4.78 is 0. The zero-order valence-electron chi connectivity index (χ0n) is 11.8. The predicted molar refractivity (Wildman–Crippen MR) is 85.1 cm³/mol. The summed E-state index contributed by atoms with van der Waals surface area (Å²) in [5.41, 5.74) is 1.15. The number of aromatic hydroxyl groups is 4. The molecule has 2 rings (SSSR count). The highest BCUT2D eigenvalue weighted by atomic mass is 16.4. The van der Waals surface area contributed by atoms with Crippen molar-refractivity contribution in [3.8, 4) is 23.0 Å². The molecule has 5 N–H and O–H groups in total. The number of phenols is 4. The molecule has 0 heterocycles. The first-order valence-corrected chi connectivity index (χ1v) is 6.54. The van der Waals surface area contributed by atoms with Crippen LogP contribution in [0.2, 0.25) is 0 Å². The third-order valence-corrected chi connectivity index (χ3v) is 3.08. The molecule has 0 aliphatic heterocycles. The maximum atomic E-state index is 10.6. The fourth-order valence-electron chi connectivity index (χ4n) is 1.92. The van der Waals surface area contributed by atoms with E-state index in [-0.39, 0.29) is 22.8 Å². The number of aliphatic carboxylic acids is 1. The molecule has 23 heavy (non-hydrogen) atoms. The number of phenolic OH excluding ortho intramolecular Hbond substituents is 4. The normalized spacial score (nSPS) is 11.3. The quantitative estimate of drug-likeness (QED) is 0.336. The van der Waals surface area contributed by atoms with E-state index in [2.05, 4.69) is 0 Å². The number of rotatable bonds is 4. The van der Waals surface area contributed by atoms with Gasteiger partial charge in [0, 0.05) is 11.6 Å². The molecule has 6 heteroatoms. The average Bonchev–Trinajstić information content (AvgIpc) is 2.50. The van der Waals surface area contributed by atoms with Crippen LogP contribution in [-0.4, -0.2) is 31.5 Å². The molecule has 0 amide bonds. The third kappa shape index (κ3) is 3.82. The van der Waals surface area contributed by atoms with Gasteiger partial charge in [-0.25, -0.2) is 4.79 Å². The van der Waals surface area contributed by atoms with Crippen molar-refractivity contribution in [2.24, 2.45) is 0 Å². The van der Waals surface area contributed by atoms with Crippen molar-refractivity contribution in [1.29, 1.82) is 0 Å². The Hall–Kier alpha value is -3.41. The highest BCUT2D eigenvalue weighted by molar-refractivity contribution is 5.88. The van der Waals surface area contributed by atoms with Gasteiger partial charge in [0.15, 0.2) is 23.0 Å². The summed E-state index contributed by atoms with van der Waals surface area (Å²) in [6, 6.07) is 6.88. The Morgan fingerprint density at radius 3 is 2.17 bits per heavy atom. The summed E-state index contributed by atoms with van der Waals surface area (Å²) in [6.07, 6.45) is 5.19. The Morgan fingerprint density at radius 2 is 1.52 bits per heavy atom. The van der Waals surface area contributed by atoms with Crippen molar-refractivity contribution in [3.05, 3.63) is 53.1 Å². The summed E-state index contributed by atoms with van der Waals surface area (Å²) in [6.45, 7) is 0. The van der Waals surface area contributed by atoms with Gasteiger partial charge in [-0.05, 0) is 41.5 Å². The molecule has 0 saturated carbocycles. The van der Waals surface area contributed by atoms with Crippen molar-refractivity contribution < 1.29 is 30.3 Å². The summed E-state index contributed by atoms with van der Waals surface area (Å²) in [5.74, 6) is -2.43. The highest BCUT2D eigenvalue weighted by Crippen LogP contribution is 2.34. The predicted octanol–water partition coefficient (Wildman–Crippen LogP) is 2.78. The summed E-state index contributed by atoms with van der Waals surface area (Å²) in [4.78, 5) is 10.6. The van der Waals surface area contributed by atoms with Crippen LogP contribution in [0.15, 0.2) is 36.4 Å². The second-order valence-electron chi connectivity index (χ2n) is 4.69. The Kier molecular flexibility index (Phi) is 4.56. The number of carboxylic acids is 1. The van der Waals surface area contributed by atoms with E-state index in [1.165, 1.54) is 48.6 Å². The zero-order valence-corrected chi connectivity index (χ0v) is 11.8. The lowest BCUT2D eigenvalue weighted by Crippen LogP contribution is -1.88. The lowest BCUT2D eigenvalue weighted by Gasteiger charge is -2.06. The van der Waals surface area contributed by atoms with E-state index in [9.17, 15) is 25.2 Å². The van der Waals surface area contributed by atoms with E-state index in [0.717, 1.165) is 6.08 Å². The number of benzene rings is 2. The second kappa shape index (κ2) is 6.57. The minimum absolute atomic E-state index is 0.218. The number of hydrogen-bond donors (Lipinski definition) is 5. The van der Waals surface area contributed by atoms with Gasteiger partial charge in [0.25, 0.3) is 0 Å². The molecule has 0 spiro atoms. The first kappa shape index (κ1) is 16.0. The van der Waals surface area contributed by atoms with Crippen molar-refractivity contribution >= 4 is 24.2 Å². The lowest BCUT2D eigenvalue weighted by molar-refractivity contribution is -0.131. The molecule has 0 aromatic heterocycles. The van der Waals surface area contributed by atoms with Crippen molar-refractivity contribution in [2.75, 3.05) is 0 Å². The zero-order chi connectivity index (χ0) is 17.0. The molecule has 0 atom stereocenters. The molecule has 0 bridgehead atoms. The van der Waals surface area contributed by atoms with E-state index in [0.29, 0.717) is 11.1 Å². The Morgan fingerprint density at radius 1 is 0.826 bits per heavy atom. The van der Waals surface area contributed by atoms with Crippen LogP contribution in [-0.2, 0) is 4.79 Å². The van der Waals surface area contributed by atoms with Crippen LogP contribution in [0, 0.1) is 0 Å². The van der Waals surface area contributed by atoms with E-state index in [1.54, 1.807) is 0 Å². The molecule has 2 aromatic carbocycles. The molecular weight excluding hydrogens is 300 g/mol. The van der Waals surface area contributed by atoms with E-state index >= 15 is 0 Å². The van der Waals surface area contributed by atoms with Crippen LogP contribution in [0.4, 0.5) is 0 Å². The Balaban J connectivity index is 2.44. The first-order valence-electron chi connectivity index (χ1n) is 6.54. The van der Waals surface area contributed by atoms with Crippen LogP contribution in [0.5, 0.6) is 23.0 Å². The van der Waals surface area contributed by atoms with Crippen molar-refractivity contribution in [1.82, 2.24) is 0 Å². The van der Waals surface area contributed by atoms with Crippen LogP contribution < -0.4 is 0 Å². The highest BCUT2D eigenvalue weighted by Gasteiger charge is 2.08. The van der Waals surface area contributed by atoms with Gasteiger partial charge in [0.2, 0.25) is 0 Å². The van der Waals surface area contributed by atoms with Crippen LogP contribution in [0.3, 0.4) is 0 Å². The number of hydrogen-bond acceptors (Lipinski definition) is 5. The van der Waals surface area contributed by atoms with Crippen LogP contribution in [0.1, 0.15) is 16.7 Å². The van der Waals surface area contributed by atoms with Crippen LogP contribution >= 0.6 is 0 Å². The van der Waals surface area contributed by atoms with Gasteiger partial charge in [0.1, 0.15) is 0 Å². The minimum Gasteiger partial charge on any atom is -0.504 e. The second-order valence-corrected chi connectivity index (χ2v) is 4.69. The minimum atomic E-state index is -1.14. The molecule has 0 saturated heterocycles. The summed E-state index contributed by atoms with van der Waals surface area (Å²) in [7, 11) is 0. The van der Waals surface area contributed by atoms with Crippen LogP contribution in [0.25, 0.3) is 18.2 Å². The van der Waals surface area contributed by atoms with Gasteiger partial charge in [0.05, 0.1) is 0 Å². The van der Waals surface area contributed by atoms with E-state index in [1.807, 2.05) is 0 Å². The first-order chi connectivity index (χ1) is 10.9. The number of carbonyl (C=O) groups is 1. The standard InChI is InChI=1S/C17H14O6/c18-13-6-2-10(9-15(13)20)1-5-12-11(4-8-16(21)22)3-7-14(19)17(12)23/h1-9,18-20,23H,(H,21,22)/b5-1?,8-4+. The molecular formula is C17H14O6. The van der Waals surface area contributed by atoms with Gasteiger partial charge in [-0.15, -0.1) is 0 Å². The monoisotopic (exact) mass is 314 g/mol. The molecule has 6 nitrogen and oxygen atoms in total. The average molecular weight is 314 g/mol. The third-order valence-electron chi connectivity index (χ3n) is 3.08. The SMILES string of the molecule is O=C(O)/C=C/c1ccc(O)c(O)c1C=Cc1ccc(O)c(O)c1. The Bertz CT molecular complexity index is 805. The summed E-state index contributed by atoms with van der Waals surface area (Å²) in [5, 5.41) is 46.9. The smallest absolute Gasteiger partial charge is 0.328 e. The number of carboxylic acid groups (broad SMARTS) is 1. The van der Waals surface area contributed by atoms with E-state index in [4.69, 9.17) is 5.11 Å². The molecule has 2 aromatic rings. The molecule has 0 fully saturated rings. The Labute approximate surface area is 131 Å². The molecule has 118 valence electrons. The van der Waals surface area contributed by atoms with Gasteiger partial charge >= 0.3 is 5.97 Å². The van der Waals surface area contributed by atoms with Crippen molar-refractivity contribution in [3.63, 3.8) is 0 Å². The fourth-order valence-corrected chi connectivity index (χ4v) is 1.92. The maximum Gasteiger partial charge on any atom is 0.328 e. The van der Waals surface area contributed by atoms with Gasteiger partial charge in [-0.2, -0.15) is 0 Å². The molecule has 0 radical (unpaired) electrons. The fraction of sp³-hybridized carbons (Fsp3) is 0. The van der Waals surface area contributed by atoms with Gasteiger partial charge < -0.3 is 25.5 Å². The van der Waals surface area contributed by atoms with Gasteiger partial charge in [-0.1, -0.05) is 18.2 Å². The molecule has 0 aliphatic rings. The lowest BCUT2D eigenvalue weighted by atomic mass is 10.0.